The number of anilines is 1. The van der Waals surface area contributed by atoms with Crippen LogP contribution in [0.3, 0.4) is 0 Å². The first kappa shape index (κ1) is 11.5. The van der Waals surface area contributed by atoms with Crippen LogP contribution in [0.1, 0.15) is 12.6 Å². The normalized spacial score (nSPS) is 11.9. The lowest BCUT2D eigenvalue weighted by Gasteiger charge is -2.04. The highest BCUT2D eigenvalue weighted by Crippen LogP contribution is 2.05. The number of aromatic nitrogens is 1. The summed E-state index contributed by atoms with van der Waals surface area (Å²) < 4.78 is 4.85. The number of rotatable bonds is 2. The Hall–Kier alpha value is -1.56. The molecule has 6 nitrogen and oxygen atoms in total. The van der Waals surface area contributed by atoms with E-state index in [1.807, 2.05) is 5.32 Å². The van der Waals surface area contributed by atoms with E-state index in [1.54, 1.807) is 6.92 Å². The van der Waals surface area contributed by atoms with Crippen molar-refractivity contribution in [2.24, 2.45) is 0 Å². The Morgan fingerprint density at radius 3 is 2.73 bits per heavy atom. The second kappa shape index (κ2) is 4.79. The van der Waals surface area contributed by atoms with Crippen LogP contribution in [0.2, 0.25) is 0 Å². The van der Waals surface area contributed by atoms with Gasteiger partial charge in [0.1, 0.15) is 11.6 Å². The largest absolute Gasteiger partial charge is 0.432 e. The maximum absolute atomic E-state index is 11.1. The quantitative estimate of drug-likeness (QED) is 0.751. The Bertz CT molecular complexity index is 375. The lowest BCUT2D eigenvalue weighted by atomic mass is 10.4. The summed E-state index contributed by atoms with van der Waals surface area (Å²) in [5.41, 5.74) is 0.627. The Labute approximate surface area is 91.0 Å². The lowest BCUT2D eigenvalue weighted by molar-refractivity contribution is -0.119. The minimum absolute atomic E-state index is 0.0278. The van der Waals surface area contributed by atoms with Gasteiger partial charge in [-0.1, -0.05) is 0 Å². The number of alkyl halides is 1. The molecule has 0 saturated carbocycles. The number of carbonyl (C=O) groups is 2. The van der Waals surface area contributed by atoms with Crippen LogP contribution in [0.4, 0.5) is 10.8 Å². The van der Waals surface area contributed by atoms with Crippen LogP contribution < -0.4 is 10.6 Å². The monoisotopic (exact) mass is 231 g/mol. The summed E-state index contributed by atoms with van der Waals surface area (Å²) in [6.45, 7) is 3.16. The van der Waals surface area contributed by atoms with Crippen molar-refractivity contribution in [2.45, 2.75) is 19.2 Å². The molecule has 0 spiro atoms. The number of hydrogen-bond acceptors (Lipinski definition) is 4. The molecule has 0 bridgehead atoms. The Morgan fingerprint density at radius 1 is 1.60 bits per heavy atom. The highest BCUT2D eigenvalue weighted by atomic mass is 35.5. The number of urea groups is 1. The highest BCUT2D eigenvalue weighted by molar-refractivity contribution is 6.31. The summed E-state index contributed by atoms with van der Waals surface area (Å²) in [4.78, 5) is 25.9. The van der Waals surface area contributed by atoms with E-state index >= 15 is 0 Å². The molecule has 0 aromatic carbocycles. The molecule has 0 radical (unpaired) electrons. The number of hydrogen-bond donors (Lipinski definition) is 2. The number of nitrogens with zero attached hydrogens (tertiary/aromatic N) is 1. The molecule has 82 valence electrons. The fraction of sp³-hybridized carbons (Fsp3) is 0.375. The molecule has 1 unspecified atom stereocenters. The van der Waals surface area contributed by atoms with E-state index in [-0.39, 0.29) is 6.01 Å². The van der Waals surface area contributed by atoms with Crippen molar-refractivity contribution in [1.29, 1.82) is 0 Å². The van der Waals surface area contributed by atoms with E-state index in [0.29, 0.717) is 5.69 Å². The molecule has 0 aliphatic carbocycles. The number of imide groups is 1. The third-order valence-corrected chi connectivity index (χ3v) is 1.64. The van der Waals surface area contributed by atoms with Crippen molar-refractivity contribution in [3.05, 3.63) is 12.0 Å². The third kappa shape index (κ3) is 3.59. The van der Waals surface area contributed by atoms with Crippen molar-refractivity contribution in [1.82, 2.24) is 10.3 Å². The van der Waals surface area contributed by atoms with E-state index in [4.69, 9.17) is 16.0 Å². The van der Waals surface area contributed by atoms with Crippen molar-refractivity contribution in [3.8, 4) is 0 Å². The summed E-state index contributed by atoms with van der Waals surface area (Å²) in [6, 6.07) is -0.700. The molecule has 1 heterocycles. The standard InChI is InChI=1S/C8H10ClN3O3/c1-4-3-15-8(10-4)12-7(14)11-6(13)5(2)9/h3,5H,1-2H3,(H2,10,11,12,13,14). The van der Waals surface area contributed by atoms with E-state index in [0.717, 1.165) is 0 Å². The Balaban J connectivity index is 2.46. The Kier molecular flexibility index (Phi) is 3.68. The first-order valence-corrected chi connectivity index (χ1v) is 4.60. The number of aryl methyl sites for hydroxylation is 1. The number of halogens is 1. The molecule has 15 heavy (non-hydrogen) atoms. The zero-order valence-electron chi connectivity index (χ0n) is 8.20. The van der Waals surface area contributed by atoms with Crippen LogP contribution in [-0.4, -0.2) is 22.3 Å². The van der Waals surface area contributed by atoms with Gasteiger partial charge < -0.3 is 4.42 Å². The minimum atomic E-state index is -0.776. The fourth-order valence-electron chi connectivity index (χ4n) is 0.751. The SMILES string of the molecule is Cc1coc(NC(=O)NC(=O)C(C)Cl)n1. The van der Waals surface area contributed by atoms with Crippen molar-refractivity contribution in [2.75, 3.05) is 5.32 Å². The van der Waals surface area contributed by atoms with Crippen LogP contribution in [-0.2, 0) is 4.79 Å². The molecule has 0 fully saturated rings. The third-order valence-electron chi connectivity index (χ3n) is 1.44. The summed E-state index contributed by atoms with van der Waals surface area (Å²) in [5.74, 6) is -0.586. The van der Waals surface area contributed by atoms with Gasteiger partial charge in [0.05, 0.1) is 5.69 Å². The smallest absolute Gasteiger partial charge is 0.329 e. The van der Waals surface area contributed by atoms with Gasteiger partial charge in [-0.25, -0.2) is 4.79 Å². The van der Waals surface area contributed by atoms with Gasteiger partial charge in [0, 0.05) is 0 Å². The van der Waals surface area contributed by atoms with Crippen molar-refractivity contribution >= 4 is 29.6 Å². The van der Waals surface area contributed by atoms with Gasteiger partial charge in [-0.05, 0) is 13.8 Å². The molecular formula is C8H10ClN3O3. The number of carbonyl (C=O) groups excluding carboxylic acids is 2. The average molecular weight is 232 g/mol. The molecule has 1 atom stereocenters. The van der Waals surface area contributed by atoms with E-state index in [1.165, 1.54) is 13.2 Å². The molecule has 1 rings (SSSR count). The first-order valence-electron chi connectivity index (χ1n) is 4.17. The molecule has 7 heteroatoms. The van der Waals surface area contributed by atoms with E-state index in [2.05, 4.69) is 10.3 Å². The molecule has 0 saturated heterocycles. The molecule has 3 amide bonds. The number of amides is 3. The van der Waals surface area contributed by atoms with Crippen LogP contribution in [0.25, 0.3) is 0 Å². The summed E-state index contributed by atoms with van der Waals surface area (Å²) >= 11 is 5.45. The van der Waals surface area contributed by atoms with Crippen molar-refractivity contribution < 1.29 is 14.0 Å². The van der Waals surface area contributed by atoms with Crippen LogP contribution in [0.5, 0.6) is 0 Å². The van der Waals surface area contributed by atoms with Crippen LogP contribution in [0.15, 0.2) is 10.7 Å². The lowest BCUT2D eigenvalue weighted by Crippen LogP contribution is -2.38. The number of nitrogens with one attached hydrogen (secondary N) is 2. The maximum Gasteiger partial charge on any atom is 0.329 e. The second-order valence-electron chi connectivity index (χ2n) is 2.85. The molecule has 2 N–H and O–H groups in total. The topological polar surface area (TPSA) is 84.2 Å². The molecule has 1 aromatic heterocycles. The first-order chi connectivity index (χ1) is 6.99. The predicted octanol–water partition coefficient (Wildman–Crippen LogP) is 1.26. The summed E-state index contributed by atoms with van der Waals surface area (Å²) in [5, 5.41) is 3.48. The minimum Gasteiger partial charge on any atom is -0.432 e. The van der Waals surface area contributed by atoms with Gasteiger partial charge in [-0.2, -0.15) is 4.98 Å². The fourth-order valence-corrected chi connectivity index (χ4v) is 0.806. The van der Waals surface area contributed by atoms with Gasteiger partial charge in [-0.3, -0.25) is 15.4 Å². The van der Waals surface area contributed by atoms with Gasteiger partial charge >= 0.3 is 12.0 Å². The molecule has 0 aliphatic rings. The average Bonchev–Trinajstić information content (AvgIpc) is 2.50. The summed E-state index contributed by atoms with van der Waals surface area (Å²) in [7, 11) is 0. The predicted molar refractivity (Wildman–Crippen MR) is 53.7 cm³/mol. The highest BCUT2D eigenvalue weighted by Gasteiger charge is 2.14. The molecule has 1 aromatic rings. The molecular weight excluding hydrogens is 222 g/mol. The second-order valence-corrected chi connectivity index (χ2v) is 3.51. The number of oxazole rings is 1. The van der Waals surface area contributed by atoms with Gasteiger partial charge in [0.2, 0.25) is 5.91 Å². The molecule has 0 aliphatic heterocycles. The zero-order valence-corrected chi connectivity index (χ0v) is 8.96. The van der Waals surface area contributed by atoms with Crippen LogP contribution >= 0.6 is 11.6 Å². The Morgan fingerprint density at radius 2 is 2.27 bits per heavy atom. The van der Waals surface area contributed by atoms with E-state index in [9.17, 15) is 9.59 Å². The maximum atomic E-state index is 11.1. The van der Waals surface area contributed by atoms with Gasteiger partial charge in [0.25, 0.3) is 0 Å². The van der Waals surface area contributed by atoms with Gasteiger partial charge in [0.15, 0.2) is 0 Å². The van der Waals surface area contributed by atoms with Crippen LogP contribution in [0, 0.1) is 6.92 Å². The van der Waals surface area contributed by atoms with Crippen molar-refractivity contribution in [3.63, 3.8) is 0 Å². The summed E-state index contributed by atoms with van der Waals surface area (Å²) in [6.07, 6.45) is 1.38. The van der Waals surface area contributed by atoms with E-state index < -0.39 is 17.3 Å². The zero-order chi connectivity index (χ0) is 11.4. The van der Waals surface area contributed by atoms with Gasteiger partial charge in [-0.15, -0.1) is 11.6 Å².